The van der Waals surface area contributed by atoms with Crippen molar-refractivity contribution in [2.24, 2.45) is 0 Å². The molecule has 1 fully saturated rings. The number of carbonyl (C=O) groups excluding carboxylic acids is 1. The standard InChI is InChI=1S/C13H12N2OS/c16-13-7-11(8-14-13)9-1-3-10(4-2-9)12-5-6-15-17-12/h1-6,11H,7-8H2,(H,14,16). The van der Waals surface area contributed by atoms with Gasteiger partial charge in [-0.3, -0.25) is 4.79 Å². The molecule has 1 amide bonds. The van der Waals surface area contributed by atoms with Crippen LogP contribution in [0, 0.1) is 0 Å². The molecule has 1 aromatic heterocycles. The largest absolute Gasteiger partial charge is 0.355 e. The van der Waals surface area contributed by atoms with Crippen LogP contribution in [0.1, 0.15) is 17.9 Å². The molecule has 0 radical (unpaired) electrons. The molecule has 17 heavy (non-hydrogen) atoms. The molecule has 1 N–H and O–H groups in total. The Morgan fingerprint density at radius 2 is 2.06 bits per heavy atom. The van der Waals surface area contributed by atoms with Crippen molar-refractivity contribution in [1.29, 1.82) is 0 Å². The molecular formula is C13H12N2OS. The van der Waals surface area contributed by atoms with E-state index in [1.54, 1.807) is 0 Å². The highest BCUT2D eigenvalue weighted by Gasteiger charge is 2.22. The van der Waals surface area contributed by atoms with Crippen LogP contribution in [0.5, 0.6) is 0 Å². The van der Waals surface area contributed by atoms with Gasteiger partial charge in [0.25, 0.3) is 0 Å². The predicted octanol–water partition coefficient (Wildman–Crippen LogP) is 2.41. The third-order valence-corrected chi connectivity index (χ3v) is 3.88. The van der Waals surface area contributed by atoms with Crippen LogP contribution in [0.25, 0.3) is 10.4 Å². The van der Waals surface area contributed by atoms with Crippen molar-refractivity contribution in [2.75, 3.05) is 6.54 Å². The summed E-state index contributed by atoms with van der Waals surface area (Å²) in [5, 5.41) is 2.86. The fraction of sp³-hybridized carbons (Fsp3) is 0.231. The number of hydrogen-bond donors (Lipinski definition) is 1. The zero-order valence-electron chi connectivity index (χ0n) is 9.22. The van der Waals surface area contributed by atoms with E-state index in [9.17, 15) is 4.79 Å². The van der Waals surface area contributed by atoms with Crippen LogP contribution in [-0.4, -0.2) is 16.8 Å². The van der Waals surface area contributed by atoms with Crippen molar-refractivity contribution in [1.82, 2.24) is 9.69 Å². The molecule has 1 unspecified atom stereocenters. The first-order chi connectivity index (χ1) is 8.33. The number of nitrogens with zero attached hydrogens (tertiary/aromatic N) is 1. The van der Waals surface area contributed by atoms with E-state index in [1.807, 2.05) is 12.3 Å². The molecule has 0 saturated carbocycles. The van der Waals surface area contributed by atoms with Crippen molar-refractivity contribution >= 4 is 17.4 Å². The van der Waals surface area contributed by atoms with Gasteiger partial charge in [-0.05, 0) is 28.7 Å². The third kappa shape index (κ3) is 2.08. The number of carbonyl (C=O) groups is 1. The van der Waals surface area contributed by atoms with Crippen LogP contribution < -0.4 is 5.32 Å². The molecule has 1 aliphatic heterocycles. The summed E-state index contributed by atoms with van der Waals surface area (Å²) >= 11 is 1.50. The maximum absolute atomic E-state index is 11.2. The second kappa shape index (κ2) is 4.30. The van der Waals surface area contributed by atoms with Crippen LogP contribution in [-0.2, 0) is 4.79 Å². The molecule has 2 heterocycles. The van der Waals surface area contributed by atoms with Crippen LogP contribution >= 0.6 is 11.5 Å². The van der Waals surface area contributed by atoms with E-state index in [1.165, 1.54) is 27.5 Å². The highest BCUT2D eigenvalue weighted by Crippen LogP contribution is 2.27. The minimum Gasteiger partial charge on any atom is -0.355 e. The van der Waals surface area contributed by atoms with E-state index in [4.69, 9.17) is 0 Å². The van der Waals surface area contributed by atoms with E-state index < -0.39 is 0 Å². The van der Waals surface area contributed by atoms with Gasteiger partial charge >= 0.3 is 0 Å². The van der Waals surface area contributed by atoms with Gasteiger partial charge < -0.3 is 5.32 Å². The first-order valence-corrected chi connectivity index (χ1v) is 6.38. The maximum atomic E-state index is 11.2. The fourth-order valence-corrected chi connectivity index (χ4v) is 2.72. The Hall–Kier alpha value is -1.68. The molecule has 1 aromatic carbocycles. The first kappa shape index (κ1) is 10.5. The lowest BCUT2D eigenvalue weighted by Gasteiger charge is -2.07. The highest BCUT2D eigenvalue weighted by molar-refractivity contribution is 7.09. The third-order valence-electron chi connectivity index (χ3n) is 3.08. The molecule has 1 aliphatic rings. The fourth-order valence-electron chi connectivity index (χ4n) is 2.13. The lowest BCUT2D eigenvalue weighted by atomic mass is 9.97. The van der Waals surface area contributed by atoms with Gasteiger partial charge in [0.05, 0.1) is 4.88 Å². The van der Waals surface area contributed by atoms with Gasteiger partial charge in [-0.15, -0.1) is 0 Å². The smallest absolute Gasteiger partial charge is 0.220 e. The van der Waals surface area contributed by atoms with Crippen molar-refractivity contribution in [3.05, 3.63) is 42.1 Å². The van der Waals surface area contributed by atoms with Gasteiger partial charge in [0.2, 0.25) is 5.91 Å². The summed E-state index contributed by atoms with van der Waals surface area (Å²) in [6.07, 6.45) is 2.42. The Morgan fingerprint density at radius 3 is 2.65 bits per heavy atom. The zero-order chi connectivity index (χ0) is 11.7. The molecule has 4 heteroatoms. The number of benzene rings is 1. The Bertz CT molecular complexity index is 519. The molecular weight excluding hydrogens is 232 g/mol. The minimum atomic E-state index is 0.154. The van der Waals surface area contributed by atoms with Gasteiger partial charge in [-0.1, -0.05) is 24.3 Å². The van der Waals surface area contributed by atoms with Crippen LogP contribution in [0.3, 0.4) is 0 Å². The van der Waals surface area contributed by atoms with Crippen LogP contribution in [0.4, 0.5) is 0 Å². The van der Waals surface area contributed by atoms with E-state index >= 15 is 0 Å². The van der Waals surface area contributed by atoms with Crippen molar-refractivity contribution in [3.63, 3.8) is 0 Å². The topological polar surface area (TPSA) is 42.0 Å². The minimum absolute atomic E-state index is 0.154. The molecule has 0 spiro atoms. The van der Waals surface area contributed by atoms with Crippen molar-refractivity contribution in [2.45, 2.75) is 12.3 Å². The maximum Gasteiger partial charge on any atom is 0.220 e. The second-order valence-electron chi connectivity index (χ2n) is 4.20. The van der Waals surface area contributed by atoms with Crippen LogP contribution in [0.2, 0.25) is 0 Å². The summed E-state index contributed by atoms with van der Waals surface area (Å²) in [7, 11) is 0. The van der Waals surface area contributed by atoms with Crippen molar-refractivity contribution in [3.8, 4) is 10.4 Å². The highest BCUT2D eigenvalue weighted by atomic mass is 32.1. The molecule has 0 bridgehead atoms. The molecule has 2 aromatic rings. The van der Waals surface area contributed by atoms with Gasteiger partial charge in [-0.25, -0.2) is 4.37 Å². The van der Waals surface area contributed by atoms with Gasteiger partial charge in [0.15, 0.2) is 0 Å². The number of amides is 1. The van der Waals surface area contributed by atoms with E-state index in [2.05, 4.69) is 34.0 Å². The number of aromatic nitrogens is 1. The zero-order valence-corrected chi connectivity index (χ0v) is 10.0. The molecule has 0 aliphatic carbocycles. The molecule has 3 rings (SSSR count). The Morgan fingerprint density at radius 1 is 1.24 bits per heavy atom. The monoisotopic (exact) mass is 244 g/mol. The van der Waals surface area contributed by atoms with E-state index in [0.717, 1.165) is 6.54 Å². The summed E-state index contributed by atoms with van der Waals surface area (Å²) in [5.41, 5.74) is 2.42. The molecule has 86 valence electrons. The summed E-state index contributed by atoms with van der Waals surface area (Å²) in [6.45, 7) is 0.763. The van der Waals surface area contributed by atoms with Crippen LogP contribution in [0.15, 0.2) is 36.5 Å². The van der Waals surface area contributed by atoms with Gasteiger partial charge in [0.1, 0.15) is 0 Å². The van der Waals surface area contributed by atoms with Gasteiger partial charge in [0, 0.05) is 25.1 Å². The molecule has 3 nitrogen and oxygen atoms in total. The number of nitrogens with one attached hydrogen (secondary N) is 1. The summed E-state index contributed by atoms with van der Waals surface area (Å²) in [5.74, 6) is 0.486. The summed E-state index contributed by atoms with van der Waals surface area (Å²) in [4.78, 5) is 12.3. The summed E-state index contributed by atoms with van der Waals surface area (Å²) in [6, 6.07) is 10.4. The van der Waals surface area contributed by atoms with E-state index in [0.29, 0.717) is 12.3 Å². The first-order valence-electron chi connectivity index (χ1n) is 5.60. The average molecular weight is 244 g/mol. The SMILES string of the molecule is O=C1CC(c2ccc(-c3ccns3)cc2)CN1. The van der Waals surface area contributed by atoms with Gasteiger partial charge in [-0.2, -0.15) is 0 Å². The number of hydrogen-bond acceptors (Lipinski definition) is 3. The second-order valence-corrected chi connectivity index (χ2v) is 5.04. The average Bonchev–Trinajstić information content (AvgIpc) is 3.00. The summed E-state index contributed by atoms with van der Waals surface area (Å²) < 4.78 is 4.10. The molecule has 1 atom stereocenters. The Labute approximate surface area is 104 Å². The predicted molar refractivity (Wildman–Crippen MR) is 67.9 cm³/mol. The molecule has 1 saturated heterocycles. The lowest BCUT2D eigenvalue weighted by Crippen LogP contribution is -2.13. The Balaban J connectivity index is 1.83. The normalized spacial score (nSPS) is 19.3. The van der Waals surface area contributed by atoms with E-state index in [-0.39, 0.29) is 5.91 Å². The quantitative estimate of drug-likeness (QED) is 0.881. The lowest BCUT2D eigenvalue weighted by molar-refractivity contribution is -0.119. The Kier molecular flexibility index (Phi) is 2.65. The van der Waals surface area contributed by atoms with Crippen molar-refractivity contribution < 1.29 is 4.79 Å². The number of rotatable bonds is 2.